The molecule has 0 aliphatic heterocycles. The standard InChI is InChI=1S/C11H12OS/c1-7-4-9-8(2)6-13-11(9)10(5-7)12-3/h4-6H,1-3H3. The zero-order valence-electron chi connectivity index (χ0n) is 8.05. The summed E-state index contributed by atoms with van der Waals surface area (Å²) >= 11 is 1.75. The number of methoxy groups -OCH3 is 1. The Hall–Kier alpha value is -1.02. The van der Waals surface area contributed by atoms with Crippen LogP contribution in [0.25, 0.3) is 10.1 Å². The van der Waals surface area contributed by atoms with Crippen LogP contribution in [0.4, 0.5) is 0 Å². The molecule has 13 heavy (non-hydrogen) atoms. The lowest BCUT2D eigenvalue weighted by atomic mass is 10.1. The van der Waals surface area contributed by atoms with Crippen molar-refractivity contribution in [1.82, 2.24) is 0 Å². The summed E-state index contributed by atoms with van der Waals surface area (Å²) < 4.78 is 6.59. The second-order valence-corrected chi connectivity index (χ2v) is 4.14. The van der Waals surface area contributed by atoms with Crippen molar-refractivity contribution in [3.63, 3.8) is 0 Å². The smallest absolute Gasteiger partial charge is 0.136 e. The van der Waals surface area contributed by atoms with Crippen LogP contribution in [0.2, 0.25) is 0 Å². The first-order chi connectivity index (χ1) is 6.22. The lowest BCUT2D eigenvalue weighted by molar-refractivity contribution is 0.420. The van der Waals surface area contributed by atoms with Gasteiger partial charge in [0.15, 0.2) is 0 Å². The van der Waals surface area contributed by atoms with Crippen LogP contribution in [-0.4, -0.2) is 7.11 Å². The lowest BCUT2D eigenvalue weighted by Gasteiger charge is -2.03. The first kappa shape index (κ1) is 8.57. The van der Waals surface area contributed by atoms with E-state index in [9.17, 15) is 0 Å². The molecular formula is C11H12OS. The monoisotopic (exact) mass is 192 g/mol. The van der Waals surface area contributed by atoms with Crippen molar-refractivity contribution < 1.29 is 4.74 Å². The van der Waals surface area contributed by atoms with Gasteiger partial charge in [-0.05, 0) is 41.8 Å². The Labute approximate surface area is 82.0 Å². The van der Waals surface area contributed by atoms with Gasteiger partial charge < -0.3 is 4.74 Å². The zero-order valence-corrected chi connectivity index (χ0v) is 8.87. The molecule has 0 radical (unpaired) electrons. The van der Waals surface area contributed by atoms with E-state index in [0.29, 0.717) is 0 Å². The van der Waals surface area contributed by atoms with E-state index in [0.717, 1.165) is 5.75 Å². The summed E-state index contributed by atoms with van der Waals surface area (Å²) in [5.41, 5.74) is 2.59. The Morgan fingerprint density at radius 2 is 2.00 bits per heavy atom. The van der Waals surface area contributed by atoms with Crippen LogP contribution in [0.5, 0.6) is 5.75 Å². The summed E-state index contributed by atoms with van der Waals surface area (Å²) in [5.74, 6) is 0.994. The van der Waals surface area contributed by atoms with Crippen LogP contribution >= 0.6 is 11.3 Å². The molecule has 2 rings (SSSR count). The number of fused-ring (bicyclic) bond motifs is 1. The lowest BCUT2D eigenvalue weighted by Crippen LogP contribution is -1.84. The molecule has 0 unspecified atom stereocenters. The third-order valence-corrected chi connectivity index (χ3v) is 3.33. The molecule has 0 aliphatic carbocycles. The second-order valence-electron chi connectivity index (χ2n) is 3.26. The Morgan fingerprint density at radius 1 is 1.23 bits per heavy atom. The molecular weight excluding hydrogens is 180 g/mol. The molecule has 1 nitrogen and oxygen atoms in total. The van der Waals surface area contributed by atoms with Crippen LogP contribution < -0.4 is 4.74 Å². The highest BCUT2D eigenvalue weighted by Gasteiger charge is 2.06. The summed E-state index contributed by atoms with van der Waals surface area (Å²) in [4.78, 5) is 0. The molecule has 0 aliphatic rings. The van der Waals surface area contributed by atoms with E-state index in [1.165, 1.54) is 21.2 Å². The van der Waals surface area contributed by atoms with Gasteiger partial charge >= 0.3 is 0 Å². The third-order valence-electron chi connectivity index (χ3n) is 2.20. The molecule has 0 N–H and O–H groups in total. The van der Waals surface area contributed by atoms with Crippen LogP contribution in [0.3, 0.4) is 0 Å². The van der Waals surface area contributed by atoms with Gasteiger partial charge in [0, 0.05) is 0 Å². The zero-order chi connectivity index (χ0) is 9.42. The fourth-order valence-electron chi connectivity index (χ4n) is 1.52. The number of rotatable bonds is 1. The number of thiophene rings is 1. The average molecular weight is 192 g/mol. The van der Waals surface area contributed by atoms with E-state index in [2.05, 4.69) is 31.4 Å². The predicted molar refractivity (Wildman–Crippen MR) is 57.9 cm³/mol. The maximum atomic E-state index is 5.33. The van der Waals surface area contributed by atoms with Gasteiger partial charge in [0.2, 0.25) is 0 Å². The van der Waals surface area contributed by atoms with E-state index in [1.807, 2.05) is 0 Å². The van der Waals surface area contributed by atoms with Gasteiger partial charge in [0.05, 0.1) is 11.8 Å². The molecule has 2 heteroatoms. The third kappa shape index (κ3) is 1.31. The molecule has 0 fully saturated rings. The number of aryl methyl sites for hydroxylation is 2. The Balaban J connectivity index is 2.84. The summed E-state index contributed by atoms with van der Waals surface area (Å²) in [5, 5.41) is 3.49. The van der Waals surface area contributed by atoms with E-state index in [-0.39, 0.29) is 0 Å². The number of benzene rings is 1. The van der Waals surface area contributed by atoms with Crippen LogP contribution in [0.15, 0.2) is 17.5 Å². The van der Waals surface area contributed by atoms with Crippen LogP contribution in [-0.2, 0) is 0 Å². The average Bonchev–Trinajstić information content (AvgIpc) is 2.47. The van der Waals surface area contributed by atoms with Crippen molar-refractivity contribution in [2.45, 2.75) is 13.8 Å². The summed E-state index contributed by atoms with van der Waals surface area (Å²) in [6, 6.07) is 4.29. The quantitative estimate of drug-likeness (QED) is 0.671. The highest BCUT2D eigenvalue weighted by molar-refractivity contribution is 7.17. The minimum Gasteiger partial charge on any atom is -0.495 e. The number of hydrogen-bond donors (Lipinski definition) is 0. The summed E-state index contributed by atoms with van der Waals surface area (Å²) in [6.07, 6.45) is 0. The van der Waals surface area contributed by atoms with Crippen molar-refractivity contribution in [2.24, 2.45) is 0 Å². The SMILES string of the molecule is COc1cc(C)cc2c(C)csc12. The molecule has 68 valence electrons. The molecule has 0 saturated carbocycles. The minimum absolute atomic E-state index is 0.994. The summed E-state index contributed by atoms with van der Waals surface area (Å²) in [7, 11) is 1.73. The topological polar surface area (TPSA) is 9.23 Å². The van der Waals surface area contributed by atoms with Gasteiger partial charge in [-0.15, -0.1) is 11.3 Å². The first-order valence-electron chi connectivity index (χ1n) is 4.25. The van der Waals surface area contributed by atoms with Crippen LogP contribution in [0, 0.1) is 13.8 Å². The van der Waals surface area contributed by atoms with Crippen molar-refractivity contribution in [2.75, 3.05) is 7.11 Å². The molecule has 0 saturated heterocycles. The van der Waals surface area contributed by atoms with Crippen LogP contribution in [0.1, 0.15) is 11.1 Å². The summed E-state index contributed by atoms with van der Waals surface area (Å²) in [6.45, 7) is 4.23. The van der Waals surface area contributed by atoms with Gasteiger partial charge in [-0.3, -0.25) is 0 Å². The van der Waals surface area contributed by atoms with Crippen molar-refractivity contribution in [3.8, 4) is 5.75 Å². The Kier molecular flexibility index (Phi) is 2.00. The number of hydrogen-bond acceptors (Lipinski definition) is 2. The van der Waals surface area contributed by atoms with Gasteiger partial charge in [-0.25, -0.2) is 0 Å². The van der Waals surface area contributed by atoms with Crippen molar-refractivity contribution >= 4 is 21.4 Å². The molecule has 0 amide bonds. The van der Waals surface area contributed by atoms with E-state index < -0.39 is 0 Å². The molecule has 2 aromatic rings. The van der Waals surface area contributed by atoms with Crippen molar-refractivity contribution in [1.29, 1.82) is 0 Å². The molecule has 1 aromatic heterocycles. The Bertz CT molecular complexity index is 443. The maximum Gasteiger partial charge on any atom is 0.136 e. The van der Waals surface area contributed by atoms with E-state index >= 15 is 0 Å². The molecule has 0 atom stereocenters. The predicted octanol–water partition coefficient (Wildman–Crippen LogP) is 3.53. The fraction of sp³-hybridized carbons (Fsp3) is 0.273. The van der Waals surface area contributed by atoms with Crippen molar-refractivity contribution in [3.05, 3.63) is 28.6 Å². The van der Waals surface area contributed by atoms with E-state index in [1.54, 1.807) is 18.4 Å². The maximum absolute atomic E-state index is 5.33. The van der Waals surface area contributed by atoms with Gasteiger partial charge in [-0.2, -0.15) is 0 Å². The van der Waals surface area contributed by atoms with Gasteiger partial charge in [0.25, 0.3) is 0 Å². The van der Waals surface area contributed by atoms with E-state index in [4.69, 9.17) is 4.74 Å². The van der Waals surface area contributed by atoms with Gasteiger partial charge in [-0.1, -0.05) is 6.07 Å². The van der Waals surface area contributed by atoms with Gasteiger partial charge in [0.1, 0.15) is 5.75 Å². The second kappa shape index (κ2) is 3.04. The fourth-order valence-corrected chi connectivity index (χ4v) is 2.54. The Morgan fingerprint density at radius 3 is 2.69 bits per heavy atom. The molecule has 1 heterocycles. The minimum atomic E-state index is 0.994. The molecule has 1 aromatic carbocycles. The highest BCUT2D eigenvalue weighted by atomic mass is 32.1. The normalized spacial score (nSPS) is 10.7. The first-order valence-corrected chi connectivity index (χ1v) is 5.13. The molecule has 0 spiro atoms. The number of ether oxygens (including phenoxy) is 1. The molecule has 0 bridgehead atoms. The largest absolute Gasteiger partial charge is 0.495 e. The highest BCUT2D eigenvalue weighted by Crippen LogP contribution is 2.34.